The first-order chi connectivity index (χ1) is 12.1. The average Bonchev–Trinajstić information content (AvgIpc) is 2.56. The van der Waals surface area contributed by atoms with Crippen molar-refractivity contribution in [3.8, 4) is 0 Å². The number of hydrogen-bond donors (Lipinski definition) is 3. The van der Waals surface area contributed by atoms with Gasteiger partial charge in [0.2, 0.25) is 0 Å². The van der Waals surface area contributed by atoms with Crippen molar-refractivity contribution < 1.29 is 37.0 Å². The molecule has 0 aliphatic rings. The summed E-state index contributed by atoms with van der Waals surface area (Å²) >= 11 is 0. The third-order valence-corrected chi connectivity index (χ3v) is 2.95. The van der Waals surface area contributed by atoms with E-state index in [9.17, 15) is 27.2 Å². The molecule has 0 aromatic heterocycles. The molecule has 0 atom stereocenters. The summed E-state index contributed by atoms with van der Waals surface area (Å²) in [5.74, 6) is -7.58. The predicted octanol–water partition coefficient (Wildman–Crippen LogP) is 2.97. The van der Waals surface area contributed by atoms with Crippen molar-refractivity contribution in [1.29, 1.82) is 0 Å². The number of ether oxygens (including phenoxy) is 1. The number of aromatic carboxylic acids is 1. The molecule has 2 aromatic carbocycles. The Labute approximate surface area is 145 Å². The van der Waals surface area contributed by atoms with Crippen molar-refractivity contribution in [3.63, 3.8) is 0 Å². The molecule has 26 heavy (non-hydrogen) atoms. The lowest BCUT2D eigenvalue weighted by atomic mass is 10.1. The fourth-order valence-corrected chi connectivity index (χ4v) is 1.76. The first-order valence-electron chi connectivity index (χ1n) is 6.99. The van der Waals surface area contributed by atoms with Crippen LogP contribution in [0.15, 0.2) is 24.3 Å². The van der Waals surface area contributed by atoms with Crippen molar-refractivity contribution >= 4 is 23.3 Å². The number of nitrogen functional groups attached to an aromatic ring is 2. The highest BCUT2D eigenvalue weighted by Gasteiger charge is 2.20. The fourth-order valence-electron chi connectivity index (χ4n) is 1.76. The van der Waals surface area contributed by atoms with Gasteiger partial charge >= 0.3 is 11.9 Å². The van der Waals surface area contributed by atoms with Crippen LogP contribution in [0.5, 0.6) is 0 Å². The third kappa shape index (κ3) is 4.62. The van der Waals surface area contributed by atoms with Crippen LogP contribution in [0.1, 0.15) is 27.6 Å². The van der Waals surface area contributed by atoms with Gasteiger partial charge < -0.3 is 21.3 Å². The molecule has 0 amide bonds. The minimum Gasteiger partial charge on any atom is -0.478 e. The second-order valence-electron chi connectivity index (χ2n) is 4.68. The van der Waals surface area contributed by atoms with Gasteiger partial charge in [-0.2, -0.15) is 0 Å². The number of halogens is 4. The molecule has 0 radical (unpaired) electrons. The van der Waals surface area contributed by atoms with Crippen LogP contribution >= 0.6 is 0 Å². The largest absolute Gasteiger partial charge is 0.478 e. The number of rotatable bonds is 3. The first-order valence-corrected chi connectivity index (χ1v) is 6.99. The zero-order valence-corrected chi connectivity index (χ0v) is 13.4. The van der Waals surface area contributed by atoms with E-state index in [0.717, 1.165) is 24.3 Å². The summed E-state index contributed by atoms with van der Waals surface area (Å²) in [6, 6.07) is 3.75. The van der Waals surface area contributed by atoms with Crippen LogP contribution in [0, 0.1) is 23.3 Å². The summed E-state index contributed by atoms with van der Waals surface area (Å²) in [6.07, 6.45) is 0. The van der Waals surface area contributed by atoms with Crippen LogP contribution in [-0.4, -0.2) is 23.7 Å². The smallest absolute Gasteiger partial charge is 0.343 e. The zero-order chi connectivity index (χ0) is 20.0. The van der Waals surface area contributed by atoms with Crippen molar-refractivity contribution in [1.82, 2.24) is 0 Å². The molecule has 0 unspecified atom stereocenters. The van der Waals surface area contributed by atoms with E-state index in [1.807, 2.05) is 0 Å². The van der Waals surface area contributed by atoms with Crippen LogP contribution in [0.3, 0.4) is 0 Å². The lowest BCUT2D eigenvalue weighted by molar-refractivity contribution is 0.0520. The summed E-state index contributed by atoms with van der Waals surface area (Å²) in [7, 11) is 0. The Balaban J connectivity index is 0.000000263. The number of hydrogen-bond acceptors (Lipinski definition) is 5. The number of carbonyl (C=O) groups is 2. The maximum atomic E-state index is 13.1. The SMILES string of the molecule is CCOC(=O)c1c(N)ccc(F)c1F.Nc1ccc(F)c(F)c1C(=O)O. The van der Waals surface area contributed by atoms with Crippen LogP contribution in [0.2, 0.25) is 0 Å². The van der Waals surface area contributed by atoms with Crippen molar-refractivity contribution in [3.05, 3.63) is 58.7 Å². The normalized spacial score (nSPS) is 9.88. The number of carboxylic acid groups (broad SMARTS) is 1. The molecule has 0 spiro atoms. The fraction of sp³-hybridized carbons (Fsp3) is 0.125. The van der Waals surface area contributed by atoms with Gasteiger partial charge in [0.05, 0.1) is 6.61 Å². The van der Waals surface area contributed by atoms with Gasteiger partial charge in [0.15, 0.2) is 23.3 Å². The molecule has 0 saturated carbocycles. The number of esters is 1. The maximum absolute atomic E-state index is 13.1. The van der Waals surface area contributed by atoms with E-state index in [4.69, 9.17) is 16.6 Å². The minimum atomic E-state index is -1.58. The summed E-state index contributed by atoms with van der Waals surface area (Å²) < 4.78 is 55.4. The lowest BCUT2D eigenvalue weighted by Crippen LogP contribution is -2.11. The lowest BCUT2D eigenvalue weighted by Gasteiger charge is -2.06. The van der Waals surface area contributed by atoms with Gasteiger partial charge in [-0.3, -0.25) is 0 Å². The molecule has 2 rings (SSSR count). The van der Waals surface area contributed by atoms with Gasteiger partial charge in [-0.15, -0.1) is 0 Å². The highest BCUT2D eigenvalue weighted by Crippen LogP contribution is 2.20. The van der Waals surface area contributed by atoms with Crippen LogP contribution in [-0.2, 0) is 4.74 Å². The van der Waals surface area contributed by atoms with E-state index in [1.165, 1.54) is 0 Å². The second kappa shape index (κ2) is 8.70. The van der Waals surface area contributed by atoms with E-state index < -0.39 is 46.3 Å². The molecule has 0 aliphatic carbocycles. The van der Waals surface area contributed by atoms with E-state index in [1.54, 1.807) is 6.92 Å². The molecular weight excluding hydrogens is 360 g/mol. The van der Waals surface area contributed by atoms with Gasteiger partial charge in [-0.25, -0.2) is 27.2 Å². The van der Waals surface area contributed by atoms with Gasteiger partial charge in [-0.1, -0.05) is 0 Å². The summed E-state index contributed by atoms with van der Waals surface area (Å²) in [5, 5.41) is 8.38. The van der Waals surface area contributed by atoms with Gasteiger partial charge in [-0.05, 0) is 31.2 Å². The van der Waals surface area contributed by atoms with Crippen LogP contribution in [0.4, 0.5) is 28.9 Å². The Morgan fingerprint density at radius 3 is 1.73 bits per heavy atom. The maximum Gasteiger partial charge on any atom is 0.343 e. The Kier molecular flexibility index (Phi) is 6.94. The second-order valence-corrected chi connectivity index (χ2v) is 4.68. The van der Waals surface area contributed by atoms with Crippen molar-refractivity contribution in [2.24, 2.45) is 0 Å². The molecule has 10 heteroatoms. The van der Waals surface area contributed by atoms with Gasteiger partial charge in [0.25, 0.3) is 0 Å². The van der Waals surface area contributed by atoms with E-state index in [-0.39, 0.29) is 18.0 Å². The topological polar surface area (TPSA) is 116 Å². The highest BCUT2D eigenvalue weighted by atomic mass is 19.2. The van der Waals surface area contributed by atoms with E-state index in [0.29, 0.717) is 0 Å². The first kappa shape index (κ1) is 20.7. The molecular formula is C16H14F4N2O4. The molecule has 140 valence electrons. The van der Waals surface area contributed by atoms with Crippen LogP contribution < -0.4 is 11.5 Å². The predicted molar refractivity (Wildman–Crippen MR) is 84.5 cm³/mol. The van der Waals surface area contributed by atoms with E-state index >= 15 is 0 Å². The molecule has 0 saturated heterocycles. The summed E-state index contributed by atoms with van der Waals surface area (Å²) in [6.45, 7) is 1.64. The number of nitrogens with two attached hydrogens (primary N) is 2. The van der Waals surface area contributed by atoms with E-state index in [2.05, 4.69) is 4.74 Å². The summed E-state index contributed by atoms with van der Waals surface area (Å²) in [5.41, 5.74) is 8.62. The monoisotopic (exact) mass is 374 g/mol. The highest BCUT2D eigenvalue weighted by molar-refractivity contribution is 5.95. The third-order valence-electron chi connectivity index (χ3n) is 2.95. The summed E-state index contributed by atoms with van der Waals surface area (Å²) in [4.78, 5) is 21.4. The molecule has 0 heterocycles. The minimum absolute atomic E-state index is 0.0776. The molecule has 0 bridgehead atoms. The van der Waals surface area contributed by atoms with Crippen molar-refractivity contribution in [2.45, 2.75) is 6.92 Å². The van der Waals surface area contributed by atoms with Gasteiger partial charge in [0.1, 0.15) is 11.1 Å². The zero-order valence-electron chi connectivity index (χ0n) is 13.4. The standard InChI is InChI=1S/C9H9F2NO2.C7H5F2NO2/c1-2-14-9(13)7-6(12)4-3-5(10)8(7)11;8-3-1-2-4(10)5(6(3)9)7(11)12/h3-4H,2,12H2,1H3;1-2H,10H2,(H,11,12). The van der Waals surface area contributed by atoms with Gasteiger partial charge in [0, 0.05) is 11.4 Å². The molecule has 2 aromatic rings. The molecule has 6 nitrogen and oxygen atoms in total. The number of benzene rings is 2. The quantitative estimate of drug-likeness (QED) is 0.432. The van der Waals surface area contributed by atoms with Crippen molar-refractivity contribution in [2.75, 3.05) is 18.1 Å². The van der Waals surface area contributed by atoms with Crippen LogP contribution in [0.25, 0.3) is 0 Å². The molecule has 5 N–H and O–H groups in total. The Morgan fingerprint density at radius 1 is 0.923 bits per heavy atom. The number of carboxylic acids is 1. The number of carbonyl (C=O) groups excluding carboxylic acids is 1. The average molecular weight is 374 g/mol. The molecule has 0 fully saturated rings. The molecule has 0 aliphatic heterocycles. The Bertz CT molecular complexity index is 843. The number of anilines is 2. The Morgan fingerprint density at radius 2 is 1.35 bits per heavy atom. The Hall–Kier alpha value is -3.30.